The summed E-state index contributed by atoms with van der Waals surface area (Å²) in [7, 11) is -4.14. The molecule has 0 saturated carbocycles. The van der Waals surface area contributed by atoms with Crippen molar-refractivity contribution in [2.75, 3.05) is 6.61 Å². The molecule has 1 aromatic rings. The monoisotopic (exact) mass is 244 g/mol. The Morgan fingerprint density at radius 1 is 1.38 bits per heavy atom. The summed E-state index contributed by atoms with van der Waals surface area (Å²) in [5.41, 5.74) is 0.476. The van der Waals surface area contributed by atoms with E-state index < -0.39 is 10.1 Å². The molecular formula is C11H16O4S. The van der Waals surface area contributed by atoms with Crippen LogP contribution in [0.25, 0.3) is 0 Å². The molecule has 0 aromatic heterocycles. The van der Waals surface area contributed by atoms with E-state index in [9.17, 15) is 8.42 Å². The largest absolute Gasteiger partial charge is 0.493 e. The third kappa shape index (κ3) is 3.50. The molecular weight excluding hydrogens is 228 g/mol. The maximum atomic E-state index is 10.9. The average molecular weight is 244 g/mol. The number of aryl methyl sites for hydroxylation is 1. The van der Waals surface area contributed by atoms with Gasteiger partial charge in [0.1, 0.15) is 5.75 Å². The standard InChI is InChI=1S/C11H16O4S/c1-8(2)7-15-10-4-5-11(9(3)6-10)16(12,13)14/h4-6,8H,7H2,1-3H3,(H,12,13,14). The predicted molar refractivity (Wildman–Crippen MR) is 61.3 cm³/mol. The van der Waals surface area contributed by atoms with Gasteiger partial charge in [-0.2, -0.15) is 8.42 Å². The van der Waals surface area contributed by atoms with Gasteiger partial charge in [0.2, 0.25) is 0 Å². The summed E-state index contributed by atoms with van der Waals surface area (Å²) in [6.45, 7) is 6.24. The van der Waals surface area contributed by atoms with Crippen LogP contribution in [0.4, 0.5) is 0 Å². The number of hydrogen-bond donors (Lipinski definition) is 1. The molecule has 0 aliphatic carbocycles. The van der Waals surface area contributed by atoms with Crippen molar-refractivity contribution >= 4 is 10.1 Å². The summed E-state index contributed by atoms with van der Waals surface area (Å²) >= 11 is 0. The molecule has 0 aliphatic heterocycles. The van der Waals surface area contributed by atoms with E-state index in [1.165, 1.54) is 6.07 Å². The van der Waals surface area contributed by atoms with Gasteiger partial charge in [-0.25, -0.2) is 0 Å². The van der Waals surface area contributed by atoms with Crippen LogP contribution >= 0.6 is 0 Å². The van der Waals surface area contributed by atoms with E-state index in [1.807, 2.05) is 13.8 Å². The minimum absolute atomic E-state index is 0.0793. The van der Waals surface area contributed by atoms with E-state index in [0.717, 1.165) is 0 Å². The highest BCUT2D eigenvalue weighted by atomic mass is 32.2. The van der Waals surface area contributed by atoms with Crippen molar-refractivity contribution in [3.8, 4) is 5.75 Å². The van der Waals surface area contributed by atoms with Crippen LogP contribution in [0.3, 0.4) is 0 Å². The van der Waals surface area contributed by atoms with Gasteiger partial charge in [0.05, 0.1) is 11.5 Å². The van der Waals surface area contributed by atoms with Gasteiger partial charge in [-0.15, -0.1) is 0 Å². The lowest BCUT2D eigenvalue weighted by molar-refractivity contribution is 0.270. The molecule has 0 unspecified atom stereocenters. The molecule has 1 N–H and O–H groups in total. The van der Waals surface area contributed by atoms with Gasteiger partial charge in [-0.1, -0.05) is 13.8 Å². The fourth-order valence-corrected chi connectivity index (χ4v) is 1.97. The molecule has 1 rings (SSSR count). The normalized spacial score (nSPS) is 11.8. The minimum Gasteiger partial charge on any atom is -0.493 e. The van der Waals surface area contributed by atoms with Crippen LogP contribution in [0.5, 0.6) is 5.75 Å². The Morgan fingerprint density at radius 3 is 2.44 bits per heavy atom. The Kier molecular flexibility index (Phi) is 3.93. The van der Waals surface area contributed by atoms with Crippen molar-refractivity contribution in [2.24, 2.45) is 5.92 Å². The Labute approximate surface area is 96.0 Å². The highest BCUT2D eigenvalue weighted by molar-refractivity contribution is 7.85. The van der Waals surface area contributed by atoms with E-state index >= 15 is 0 Å². The molecule has 4 nitrogen and oxygen atoms in total. The quantitative estimate of drug-likeness (QED) is 0.825. The first-order valence-corrected chi connectivity index (χ1v) is 6.45. The maximum absolute atomic E-state index is 10.9. The number of rotatable bonds is 4. The molecule has 0 amide bonds. The summed E-state index contributed by atoms with van der Waals surface area (Å²) in [6, 6.07) is 4.49. The lowest BCUT2D eigenvalue weighted by Gasteiger charge is -2.10. The van der Waals surface area contributed by atoms with E-state index in [1.54, 1.807) is 19.1 Å². The molecule has 0 radical (unpaired) electrons. The van der Waals surface area contributed by atoms with Crippen molar-refractivity contribution in [1.29, 1.82) is 0 Å². The highest BCUT2D eigenvalue weighted by Gasteiger charge is 2.13. The lowest BCUT2D eigenvalue weighted by atomic mass is 10.2. The average Bonchev–Trinajstić information content (AvgIpc) is 2.12. The van der Waals surface area contributed by atoms with Crippen molar-refractivity contribution < 1.29 is 17.7 Å². The first-order valence-electron chi connectivity index (χ1n) is 5.01. The topological polar surface area (TPSA) is 63.6 Å². The third-order valence-electron chi connectivity index (χ3n) is 2.01. The Balaban J connectivity index is 2.92. The van der Waals surface area contributed by atoms with Gasteiger partial charge >= 0.3 is 0 Å². The van der Waals surface area contributed by atoms with Crippen molar-refractivity contribution in [2.45, 2.75) is 25.7 Å². The second-order valence-electron chi connectivity index (χ2n) is 4.11. The van der Waals surface area contributed by atoms with Crippen LogP contribution in [-0.4, -0.2) is 19.6 Å². The SMILES string of the molecule is Cc1cc(OCC(C)C)ccc1S(=O)(=O)O. The molecule has 90 valence electrons. The Morgan fingerprint density at radius 2 is 2.00 bits per heavy atom. The van der Waals surface area contributed by atoms with Gasteiger partial charge in [0.15, 0.2) is 0 Å². The van der Waals surface area contributed by atoms with Gasteiger partial charge in [-0.3, -0.25) is 4.55 Å². The smallest absolute Gasteiger partial charge is 0.294 e. The van der Waals surface area contributed by atoms with Crippen LogP contribution in [0.15, 0.2) is 23.1 Å². The predicted octanol–water partition coefficient (Wildman–Crippen LogP) is 2.28. The summed E-state index contributed by atoms with van der Waals surface area (Å²) < 4.78 is 36.2. The van der Waals surface area contributed by atoms with Gasteiger partial charge < -0.3 is 4.74 Å². The van der Waals surface area contributed by atoms with Gasteiger partial charge in [0, 0.05) is 0 Å². The van der Waals surface area contributed by atoms with E-state index in [4.69, 9.17) is 9.29 Å². The molecule has 1 aromatic carbocycles. The second kappa shape index (κ2) is 4.84. The molecule has 0 atom stereocenters. The van der Waals surface area contributed by atoms with E-state index in [0.29, 0.717) is 23.8 Å². The summed E-state index contributed by atoms with van der Waals surface area (Å²) in [6.07, 6.45) is 0. The molecule has 5 heteroatoms. The highest BCUT2D eigenvalue weighted by Crippen LogP contribution is 2.21. The second-order valence-corrected chi connectivity index (χ2v) is 5.50. The fraction of sp³-hybridized carbons (Fsp3) is 0.455. The molecule has 0 aliphatic rings. The molecule has 0 bridgehead atoms. The number of benzene rings is 1. The first kappa shape index (κ1) is 13.0. The molecule has 0 heterocycles. The summed E-state index contributed by atoms with van der Waals surface area (Å²) in [4.78, 5) is -0.0793. The number of hydrogen-bond acceptors (Lipinski definition) is 3. The third-order valence-corrected chi connectivity index (χ3v) is 3.02. The van der Waals surface area contributed by atoms with Crippen molar-refractivity contribution in [3.05, 3.63) is 23.8 Å². The van der Waals surface area contributed by atoms with E-state index in [-0.39, 0.29) is 4.90 Å². The van der Waals surface area contributed by atoms with Crippen LogP contribution in [0.1, 0.15) is 19.4 Å². The first-order chi connectivity index (χ1) is 7.30. The molecule has 16 heavy (non-hydrogen) atoms. The lowest BCUT2D eigenvalue weighted by Crippen LogP contribution is -2.06. The van der Waals surface area contributed by atoms with Crippen LogP contribution in [0.2, 0.25) is 0 Å². The fourth-order valence-electron chi connectivity index (χ4n) is 1.26. The zero-order valence-corrected chi connectivity index (χ0v) is 10.4. The van der Waals surface area contributed by atoms with Crippen molar-refractivity contribution in [1.82, 2.24) is 0 Å². The van der Waals surface area contributed by atoms with Gasteiger partial charge in [-0.05, 0) is 36.6 Å². The number of ether oxygens (including phenoxy) is 1. The summed E-state index contributed by atoms with van der Waals surface area (Å²) in [5.74, 6) is 1.01. The molecule has 0 fully saturated rings. The molecule has 0 saturated heterocycles. The van der Waals surface area contributed by atoms with Crippen LogP contribution in [-0.2, 0) is 10.1 Å². The van der Waals surface area contributed by atoms with Crippen LogP contribution < -0.4 is 4.74 Å². The Hall–Kier alpha value is -1.07. The zero-order valence-electron chi connectivity index (χ0n) is 9.60. The molecule has 0 spiro atoms. The zero-order chi connectivity index (χ0) is 12.3. The summed E-state index contributed by atoms with van der Waals surface area (Å²) in [5, 5.41) is 0. The van der Waals surface area contributed by atoms with E-state index in [2.05, 4.69) is 0 Å². The Bertz CT molecular complexity index is 463. The maximum Gasteiger partial charge on any atom is 0.294 e. The van der Waals surface area contributed by atoms with Gasteiger partial charge in [0.25, 0.3) is 10.1 Å². The minimum atomic E-state index is -4.14. The van der Waals surface area contributed by atoms with Crippen molar-refractivity contribution in [3.63, 3.8) is 0 Å². The van der Waals surface area contributed by atoms with Crippen LogP contribution in [0, 0.1) is 12.8 Å².